The largest absolute Gasteiger partial charge is 0.350 e. The van der Waals surface area contributed by atoms with Crippen molar-refractivity contribution in [1.82, 2.24) is 10.2 Å². The van der Waals surface area contributed by atoms with Gasteiger partial charge in [0, 0.05) is 30.1 Å². The lowest BCUT2D eigenvalue weighted by molar-refractivity contribution is -0.124. The maximum absolute atomic E-state index is 12.9. The van der Waals surface area contributed by atoms with Crippen molar-refractivity contribution >= 4 is 52.2 Å². The van der Waals surface area contributed by atoms with E-state index in [0.29, 0.717) is 17.0 Å². The second kappa shape index (κ2) is 11.0. The van der Waals surface area contributed by atoms with Gasteiger partial charge in [0.2, 0.25) is 11.8 Å². The molecule has 4 amide bonds. The smallest absolute Gasteiger partial charge is 0.288 e. The van der Waals surface area contributed by atoms with E-state index in [-0.39, 0.29) is 53.4 Å². The van der Waals surface area contributed by atoms with Crippen LogP contribution in [0, 0.1) is 5.82 Å². The molecule has 0 bridgehead atoms. The van der Waals surface area contributed by atoms with Gasteiger partial charge in [0.05, 0.1) is 11.5 Å². The van der Waals surface area contributed by atoms with E-state index in [2.05, 4.69) is 10.6 Å². The Balaban J connectivity index is 1.37. The molecule has 1 heterocycles. The number of carbonyl (C=O) groups is 4. The van der Waals surface area contributed by atoms with Crippen LogP contribution in [0.4, 0.5) is 14.9 Å². The van der Waals surface area contributed by atoms with Gasteiger partial charge < -0.3 is 10.6 Å². The maximum Gasteiger partial charge on any atom is 0.288 e. The van der Waals surface area contributed by atoms with Crippen molar-refractivity contribution in [2.75, 3.05) is 29.9 Å². The minimum atomic E-state index is -0.361. The highest BCUT2D eigenvalue weighted by atomic mass is 32.2. The number of hydrogen-bond acceptors (Lipinski definition) is 6. The molecule has 0 saturated carbocycles. The van der Waals surface area contributed by atoms with Gasteiger partial charge in [0.1, 0.15) is 5.82 Å². The van der Waals surface area contributed by atoms with Crippen LogP contribution >= 0.6 is 23.5 Å². The molecule has 1 aliphatic rings. The molecule has 1 saturated heterocycles. The molecule has 7 nitrogen and oxygen atoms in total. The molecule has 10 heteroatoms. The number of nitrogens with zero attached hydrogens (tertiary/aromatic N) is 1. The molecule has 2 aromatic carbocycles. The number of rotatable bonds is 9. The highest BCUT2D eigenvalue weighted by Crippen LogP contribution is 2.18. The fourth-order valence-corrected chi connectivity index (χ4v) is 4.26. The van der Waals surface area contributed by atoms with E-state index >= 15 is 0 Å². The summed E-state index contributed by atoms with van der Waals surface area (Å²) in [4.78, 5) is 48.3. The molecule has 31 heavy (non-hydrogen) atoms. The number of amides is 4. The molecular formula is C21H20FN3O4S2. The summed E-state index contributed by atoms with van der Waals surface area (Å²) in [6.45, 7) is 0.350. The molecule has 0 unspecified atom stereocenters. The third-order valence-electron chi connectivity index (χ3n) is 4.31. The monoisotopic (exact) mass is 461 g/mol. The van der Waals surface area contributed by atoms with E-state index in [4.69, 9.17) is 0 Å². The predicted octanol–water partition coefficient (Wildman–Crippen LogP) is 3.12. The summed E-state index contributed by atoms with van der Waals surface area (Å²) in [6, 6.07) is 12.6. The Morgan fingerprint density at radius 2 is 1.77 bits per heavy atom. The normalized spacial score (nSPS) is 13.4. The van der Waals surface area contributed by atoms with E-state index in [9.17, 15) is 23.6 Å². The van der Waals surface area contributed by atoms with Crippen molar-refractivity contribution in [2.45, 2.75) is 5.75 Å². The minimum absolute atomic E-state index is 0.153. The first-order chi connectivity index (χ1) is 14.9. The first-order valence-corrected chi connectivity index (χ1v) is 11.5. The van der Waals surface area contributed by atoms with E-state index in [0.717, 1.165) is 22.2 Å². The lowest BCUT2D eigenvalue weighted by atomic mass is 10.1. The summed E-state index contributed by atoms with van der Waals surface area (Å²) in [5.41, 5.74) is 1.97. The highest BCUT2D eigenvalue weighted by Gasteiger charge is 2.29. The molecule has 162 valence electrons. The molecule has 2 aromatic rings. The van der Waals surface area contributed by atoms with Gasteiger partial charge in [0.15, 0.2) is 0 Å². The van der Waals surface area contributed by atoms with Crippen LogP contribution < -0.4 is 10.6 Å². The third-order valence-corrected chi connectivity index (χ3v) is 6.17. The van der Waals surface area contributed by atoms with Crippen molar-refractivity contribution in [3.8, 4) is 0 Å². The van der Waals surface area contributed by atoms with Crippen molar-refractivity contribution in [3.05, 3.63) is 65.5 Å². The zero-order chi connectivity index (χ0) is 22.2. The Hall–Kier alpha value is -2.85. The maximum atomic E-state index is 12.9. The van der Waals surface area contributed by atoms with Crippen molar-refractivity contribution < 1.29 is 23.6 Å². The molecule has 3 rings (SSSR count). The van der Waals surface area contributed by atoms with Gasteiger partial charge in [-0.25, -0.2) is 4.39 Å². The summed E-state index contributed by atoms with van der Waals surface area (Å²) in [5, 5.41) is 5.11. The van der Waals surface area contributed by atoms with Crippen LogP contribution in [0.3, 0.4) is 0 Å². The van der Waals surface area contributed by atoms with E-state index in [1.807, 2.05) is 12.1 Å². The summed E-state index contributed by atoms with van der Waals surface area (Å²) in [6.07, 6.45) is 0. The average molecular weight is 462 g/mol. The standard InChI is InChI=1S/C21H20FN3O4S2/c22-16-5-7-17(8-6-16)24-18(26)12-30-11-14-1-3-15(4-2-14)20(28)23-9-10-25-19(27)13-31-21(25)29/h1-8H,9-13H2,(H,23,28)(H,24,26). The number of carbonyl (C=O) groups excluding carboxylic acids is 4. The summed E-state index contributed by atoms with van der Waals surface area (Å²) < 4.78 is 12.9. The van der Waals surface area contributed by atoms with Crippen LogP contribution in [-0.2, 0) is 15.3 Å². The summed E-state index contributed by atoms with van der Waals surface area (Å²) >= 11 is 2.38. The van der Waals surface area contributed by atoms with Crippen LogP contribution in [-0.4, -0.2) is 52.5 Å². The second-order valence-corrected chi connectivity index (χ2v) is 8.51. The Labute approximate surface area is 187 Å². The quantitative estimate of drug-likeness (QED) is 0.596. The number of nitrogens with one attached hydrogen (secondary N) is 2. The second-order valence-electron chi connectivity index (χ2n) is 6.60. The van der Waals surface area contributed by atoms with Crippen molar-refractivity contribution in [2.24, 2.45) is 0 Å². The Morgan fingerprint density at radius 1 is 1.06 bits per heavy atom. The van der Waals surface area contributed by atoms with E-state index in [1.165, 1.54) is 36.0 Å². The first-order valence-electron chi connectivity index (χ1n) is 9.40. The van der Waals surface area contributed by atoms with Crippen LogP contribution in [0.15, 0.2) is 48.5 Å². The molecule has 2 N–H and O–H groups in total. The SMILES string of the molecule is O=C(CSCc1ccc(C(=O)NCCN2C(=O)CSC2=O)cc1)Nc1ccc(F)cc1. The zero-order valence-electron chi connectivity index (χ0n) is 16.4. The summed E-state index contributed by atoms with van der Waals surface area (Å²) in [5.74, 6) is -0.0786. The molecule has 0 radical (unpaired) electrons. The van der Waals surface area contributed by atoms with Crippen LogP contribution in [0.2, 0.25) is 0 Å². The van der Waals surface area contributed by atoms with Crippen molar-refractivity contribution in [1.29, 1.82) is 0 Å². The van der Waals surface area contributed by atoms with Crippen molar-refractivity contribution in [3.63, 3.8) is 0 Å². The molecule has 0 spiro atoms. The van der Waals surface area contributed by atoms with Crippen LogP contribution in [0.5, 0.6) is 0 Å². The first kappa shape index (κ1) is 22.8. The number of imide groups is 1. The average Bonchev–Trinajstić information content (AvgIpc) is 3.08. The Morgan fingerprint density at radius 3 is 2.42 bits per heavy atom. The van der Waals surface area contributed by atoms with Gasteiger partial charge >= 0.3 is 0 Å². The molecule has 1 fully saturated rings. The number of halogens is 1. The van der Waals surface area contributed by atoms with Gasteiger partial charge in [-0.15, -0.1) is 11.8 Å². The zero-order valence-corrected chi connectivity index (χ0v) is 18.1. The lowest BCUT2D eigenvalue weighted by Gasteiger charge is -2.13. The van der Waals surface area contributed by atoms with Gasteiger partial charge in [0.25, 0.3) is 11.1 Å². The Kier molecular flexibility index (Phi) is 8.07. The fourth-order valence-electron chi connectivity index (χ4n) is 2.72. The highest BCUT2D eigenvalue weighted by molar-refractivity contribution is 8.14. The number of anilines is 1. The molecule has 0 aromatic heterocycles. The lowest BCUT2D eigenvalue weighted by Crippen LogP contribution is -2.37. The predicted molar refractivity (Wildman–Crippen MR) is 120 cm³/mol. The van der Waals surface area contributed by atoms with Gasteiger partial charge in [-0.05, 0) is 42.0 Å². The molecular weight excluding hydrogens is 441 g/mol. The molecule has 1 aliphatic heterocycles. The van der Waals surface area contributed by atoms with Gasteiger partial charge in [-0.3, -0.25) is 24.1 Å². The van der Waals surface area contributed by atoms with Crippen LogP contribution in [0.25, 0.3) is 0 Å². The molecule has 0 atom stereocenters. The van der Waals surface area contributed by atoms with E-state index in [1.54, 1.807) is 12.1 Å². The molecule has 0 aliphatic carbocycles. The summed E-state index contributed by atoms with van der Waals surface area (Å²) in [7, 11) is 0. The number of thioether (sulfide) groups is 2. The number of benzene rings is 2. The van der Waals surface area contributed by atoms with Gasteiger partial charge in [-0.1, -0.05) is 23.9 Å². The fraction of sp³-hybridized carbons (Fsp3) is 0.238. The van der Waals surface area contributed by atoms with Gasteiger partial charge in [-0.2, -0.15) is 0 Å². The number of hydrogen-bond donors (Lipinski definition) is 2. The minimum Gasteiger partial charge on any atom is -0.350 e. The third kappa shape index (κ3) is 6.83. The topological polar surface area (TPSA) is 95.6 Å². The van der Waals surface area contributed by atoms with E-state index < -0.39 is 0 Å². The van der Waals surface area contributed by atoms with Crippen LogP contribution in [0.1, 0.15) is 15.9 Å². The Bertz CT molecular complexity index is 952.